The Morgan fingerprint density at radius 1 is 1.12 bits per heavy atom. The monoisotopic (exact) mass is 326 g/mol. The van der Waals surface area contributed by atoms with Crippen LogP contribution in [0.4, 0.5) is 0 Å². The second-order valence-electron chi connectivity index (χ2n) is 8.31. The van der Waals surface area contributed by atoms with E-state index in [0.717, 1.165) is 6.54 Å². The molecule has 4 heteroatoms. The smallest absolute Gasteiger partial charge is 0.332 e. The normalized spacial score (nSPS) is 17.1. The molecule has 24 heavy (non-hydrogen) atoms. The fourth-order valence-electron chi connectivity index (χ4n) is 4.12. The molecule has 0 unspecified atom stereocenters. The minimum absolute atomic E-state index is 0.144. The van der Waals surface area contributed by atoms with Crippen molar-refractivity contribution in [2.24, 2.45) is 0 Å². The Morgan fingerprint density at radius 3 is 2.62 bits per heavy atom. The third kappa shape index (κ3) is 2.73. The number of hydrogen-bond donors (Lipinski definition) is 2. The van der Waals surface area contributed by atoms with Gasteiger partial charge in [-0.3, -0.25) is 0 Å². The minimum Gasteiger partial charge on any atom is -0.332 e. The van der Waals surface area contributed by atoms with Gasteiger partial charge in [0.2, 0.25) is 0 Å². The van der Waals surface area contributed by atoms with Crippen LogP contribution in [0.2, 0.25) is 0 Å². The number of hydrogen-bond acceptors (Lipinski definition) is 0. The van der Waals surface area contributed by atoms with Gasteiger partial charge in [0.05, 0.1) is 13.1 Å². The molecule has 0 radical (unpaired) electrons. The van der Waals surface area contributed by atoms with Gasteiger partial charge in [0.1, 0.15) is 36.0 Å². The highest BCUT2D eigenvalue weighted by atomic mass is 15.2. The molecule has 3 aromatic rings. The molecule has 2 N–H and O–H groups in total. The Morgan fingerprint density at radius 2 is 1.88 bits per heavy atom. The van der Waals surface area contributed by atoms with Crippen molar-refractivity contribution >= 4 is 16.8 Å². The van der Waals surface area contributed by atoms with E-state index < -0.39 is 0 Å². The lowest BCUT2D eigenvalue weighted by Crippen LogP contribution is -3.13. The molecule has 1 fully saturated rings. The highest BCUT2D eigenvalue weighted by molar-refractivity contribution is 5.73. The number of quaternary nitrogens is 1. The lowest BCUT2D eigenvalue weighted by Gasteiger charge is -2.24. The molecule has 0 saturated carbocycles. The van der Waals surface area contributed by atoms with E-state index in [4.69, 9.17) is 0 Å². The number of H-pyrrole nitrogens is 1. The molecule has 0 atom stereocenters. The Balaban J connectivity index is 1.75. The zero-order valence-corrected chi connectivity index (χ0v) is 15.2. The molecule has 1 aliphatic heterocycles. The number of nitrogens with zero attached hydrogens (tertiary/aromatic N) is 2. The Bertz CT molecular complexity index is 844. The number of likely N-dealkylation sites (tertiary alicyclic amines) is 1. The molecule has 0 amide bonds. The van der Waals surface area contributed by atoms with Crippen molar-refractivity contribution in [3.05, 3.63) is 36.2 Å². The first-order valence-electron chi connectivity index (χ1n) is 9.40. The van der Waals surface area contributed by atoms with E-state index in [1.54, 1.807) is 4.90 Å². The van der Waals surface area contributed by atoms with Crippen molar-refractivity contribution in [1.29, 1.82) is 0 Å². The molecular formula is C20H30N4+2. The van der Waals surface area contributed by atoms with E-state index in [9.17, 15) is 0 Å². The van der Waals surface area contributed by atoms with Crippen molar-refractivity contribution in [2.75, 3.05) is 19.6 Å². The van der Waals surface area contributed by atoms with Crippen LogP contribution >= 0.6 is 0 Å². The van der Waals surface area contributed by atoms with Crippen LogP contribution in [0, 0.1) is 0 Å². The molecular weight excluding hydrogens is 296 g/mol. The zero-order valence-electron chi connectivity index (χ0n) is 15.2. The summed E-state index contributed by atoms with van der Waals surface area (Å²) in [4.78, 5) is 5.41. The number of aromatic nitrogens is 3. The van der Waals surface area contributed by atoms with Crippen LogP contribution in [-0.4, -0.2) is 29.2 Å². The van der Waals surface area contributed by atoms with Crippen molar-refractivity contribution in [1.82, 2.24) is 9.55 Å². The molecule has 4 rings (SSSR count). The van der Waals surface area contributed by atoms with E-state index in [2.05, 4.69) is 65.2 Å². The van der Waals surface area contributed by atoms with Gasteiger partial charge in [-0.1, -0.05) is 32.9 Å². The van der Waals surface area contributed by atoms with Crippen molar-refractivity contribution in [3.63, 3.8) is 0 Å². The standard InChI is InChI=1S/C20H28N4/c1-20(2,3)18-15-24-17-10-6-5-9-16(17)21-19(24)23(18)14-13-22-11-7-4-8-12-22/h5-6,9-10,15H,4,7-8,11-14H2,1-3H3/p+2. The summed E-state index contributed by atoms with van der Waals surface area (Å²) in [6, 6.07) is 8.59. The molecule has 1 aliphatic rings. The Kier molecular flexibility index (Phi) is 3.87. The zero-order chi connectivity index (χ0) is 16.7. The largest absolute Gasteiger partial charge is 0.368 e. The number of rotatable bonds is 3. The highest BCUT2D eigenvalue weighted by Gasteiger charge is 2.29. The van der Waals surface area contributed by atoms with E-state index in [1.165, 1.54) is 61.4 Å². The van der Waals surface area contributed by atoms with E-state index in [0.29, 0.717) is 0 Å². The molecule has 0 spiro atoms. The molecule has 1 saturated heterocycles. The molecule has 0 bridgehead atoms. The van der Waals surface area contributed by atoms with Gasteiger partial charge in [-0.15, -0.1) is 0 Å². The van der Waals surface area contributed by atoms with Crippen LogP contribution in [0.5, 0.6) is 0 Å². The maximum Gasteiger partial charge on any atom is 0.368 e. The lowest BCUT2D eigenvalue weighted by molar-refractivity contribution is -0.905. The fourth-order valence-corrected chi connectivity index (χ4v) is 4.12. The van der Waals surface area contributed by atoms with Gasteiger partial charge < -0.3 is 4.90 Å². The summed E-state index contributed by atoms with van der Waals surface area (Å²) in [5.74, 6) is 1.22. The van der Waals surface area contributed by atoms with Crippen molar-refractivity contribution < 1.29 is 9.30 Å². The topological polar surface area (TPSA) is 29.3 Å². The number of benzene rings is 1. The third-order valence-electron chi connectivity index (χ3n) is 5.45. The average molecular weight is 326 g/mol. The summed E-state index contributed by atoms with van der Waals surface area (Å²) in [5.41, 5.74) is 4.04. The first-order chi connectivity index (χ1) is 11.5. The molecule has 2 aromatic heterocycles. The van der Waals surface area contributed by atoms with Crippen LogP contribution in [0.1, 0.15) is 45.7 Å². The highest BCUT2D eigenvalue weighted by Crippen LogP contribution is 2.24. The molecule has 3 heterocycles. The first-order valence-corrected chi connectivity index (χ1v) is 9.40. The van der Waals surface area contributed by atoms with Crippen LogP contribution in [-0.2, 0) is 12.0 Å². The van der Waals surface area contributed by atoms with Crippen molar-refractivity contribution in [3.8, 4) is 0 Å². The quantitative estimate of drug-likeness (QED) is 0.690. The van der Waals surface area contributed by atoms with Gasteiger partial charge in [-0.25, -0.2) is 9.55 Å². The number of para-hydroxylation sites is 2. The molecule has 0 aliphatic carbocycles. The average Bonchev–Trinajstić information content (AvgIpc) is 3.10. The number of piperidine rings is 1. The number of nitrogens with one attached hydrogen (secondary N) is 2. The summed E-state index contributed by atoms with van der Waals surface area (Å²) in [6.07, 6.45) is 6.54. The van der Waals surface area contributed by atoms with Gasteiger partial charge in [0.25, 0.3) is 0 Å². The second kappa shape index (κ2) is 5.92. The van der Waals surface area contributed by atoms with Crippen molar-refractivity contribution in [2.45, 2.75) is 52.0 Å². The summed E-state index contributed by atoms with van der Waals surface area (Å²) in [7, 11) is 0. The van der Waals surface area contributed by atoms with Gasteiger partial charge in [0, 0.05) is 5.41 Å². The van der Waals surface area contributed by atoms with Gasteiger partial charge in [0.15, 0.2) is 0 Å². The predicted octanol–water partition coefficient (Wildman–Crippen LogP) is 2.07. The van der Waals surface area contributed by atoms with E-state index >= 15 is 0 Å². The minimum atomic E-state index is 0.144. The Hall–Kier alpha value is -1.81. The molecule has 128 valence electrons. The van der Waals surface area contributed by atoms with Crippen LogP contribution in [0.3, 0.4) is 0 Å². The maximum atomic E-state index is 3.64. The Labute approximate surface area is 144 Å². The number of aromatic amines is 1. The number of fused-ring (bicyclic) bond motifs is 3. The van der Waals surface area contributed by atoms with Gasteiger partial charge in [-0.2, -0.15) is 4.40 Å². The molecule has 1 aromatic carbocycles. The van der Waals surface area contributed by atoms with Gasteiger partial charge in [-0.05, 0) is 31.4 Å². The summed E-state index contributed by atoms with van der Waals surface area (Å²) < 4.78 is 4.85. The summed E-state index contributed by atoms with van der Waals surface area (Å²) in [6.45, 7) is 11.9. The third-order valence-corrected chi connectivity index (χ3v) is 5.45. The van der Waals surface area contributed by atoms with Crippen LogP contribution in [0.25, 0.3) is 16.8 Å². The lowest BCUT2D eigenvalue weighted by atomic mass is 9.92. The first kappa shape index (κ1) is 15.7. The molecule has 4 nitrogen and oxygen atoms in total. The summed E-state index contributed by atoms with van der Waals surface area (Å²) >= 11 is 0. The number of imidazole rings is 2. The van der Waals surface area contributed by atoms with Gasteiger partial charge >= 0.3 is 5.78 Å². The predicted molar refractivity (Wildman–Crippen MR) is 97.6 cm³/mol. The van der Waals surface area contributed by atoms with Crippen LogP contribution in [0.15, 0.2) is 30.5 Å². The maximum absolute atomic E-state index is 3.64. The fraction of sp³-hybridized carbons (Fsp3) is 0.550. The van der Waals surface area contributed by atoms with Crippen LogP contribution < -0.4 is 9.30 Å². The van der Waals surface area contributed by atoms with E-state index in [-0.39, 0.29) is 5.41 Å². The van der Waals surface area contributed by atoms with E-state index in [1.807, 2.05) is 0 Å². The SMILES string of the molecule is CC(C)(C)c1c[n+]2c3ccccc3[nH]c2n1CC[NH+]1CCCCC1. The summed E-state index contributed by atoms with van der Waals surface area (Å²) in [5, 5.41) is 0. The second-order valence-corrected chi connectivity index (χ2v) is 8.31.